The van der Waals surface area contributed by atoms with Crippen LogP contribution < -0.4 is 5.32 Å². The van der Waals surface area contributed by atoms with Gasteiger partial charge in [0.1, 0.15) is 6.07 Å². The minimum atomic E-state index is -4.75. The van der Waals surface area contributed by atoms with Crippen molar-refractivity contribution in [2.24, 2.45) is 5.41 Å². The largest absolute Gasteiger partial charge is 0.435 e. The second kappa shape index (κ2) is 10.3. The standard InChI is InChI=1S/C28H33F3N4O3/c1-27(2)14-22-25(23(36)15-27)26(28(29,30)31)34-35(22)19-9-6-17(16-32)21(13-19)33-18-7-10-20(11-8-18)38-24-5-3-4-12-37-24/h6,9,13,18,20,24,33H,3-5,7-8,10-12,14-15H2,1-2H3/t18-,20-,24?. The summed E-state index contributed by atoms with van der Waals surface area (Å²) in [6.45, 7) is 4.47. The monoisotopic (exact) mass is 530 g/mol. The van der Waals surface area contributed by atoms with E-state index in [0.717, 1.165) is 51.6 Å². The molecule has 1 atom stereocenters. The number of anilines is 1. The van der Waals surface area contributed by atoms with Crippen molar-refractivity contribution in [3.63, 3.8) is 0 Å². The molecule has 1 saturated carbocycles. The Morgan fingerprint density at radius 3 is 2.58 bits per heavy atom. The van der Waals surface area contributed by atoms with E-state index >= 15 is 0 Å². The number of ketones is 1. The van der Waals surface area contributed by atoms with Crippen molar-refractivity contribution in [2.75, 3.05) is 11.9 Å². The minimum Gasteiger partial charge on any atom is -0.381 e. The third-order valence-corrected chi connectivity index (χ3v) is 7.70. The average molecular weight is 531 g/mol. The number of Topliss-reactive ketones (excluding diaryl/α,β-unsaturated/α-hetero) is 1. The van der Waals surface area contributed by atoms with Gasteiger partial charge in [-0.15, -0.1) is 0 Å². The van der Waals surface area contributed by atoms with Crippen LogP contribution in [0.4, 0.5) is 18.9 Å². The maximum Gasteiger partial charge on any atom is 0.435 e. The first kappa shape index (κ1) is 26.7. The molecule has 3 aliphatic rings. The van der Waals surface area contributed by atoms with Crippen LogP contribution in [0.15, 0.2) is 18.2 Å². The van der Waals surface area contributed by atoms with E-state index in [-0.39, 0.29) is 42.5 Å². The third kappa shape index (κ3) is 5.59. The Kier molecular flexibility index (Phi) is 7.27. The smallest absolute Gasteiger partial charge is 0.381 e. The van der Waals surface area contributed by atoms with Gasteiger partial charge >= 0.3 is 6.18 Å². The normalized spacial score (nSPS) is 25.5. The molecule has 1 unspecified atom stereocenters. The summed E-state index contributed by atoms with van der Waals surface area (Å²) < 4.78 is 54.6. The van der Waals surface area contributed by atoms with E-state index in [0.29, 0.717) is 16.9 Å². The molecule has 1 aliphatic heterocycles. The Hall–Kier alpha value is -2.90. The van der Waals surface area contributed by atoms with Crippen LogP contribution in [0.1, 0.15) is 92.5 Å². The molecule has 0 spiro atoms. The van der Waals surface area contributed by atoms with Crippen LogP contribution in [0.5, 0.6) is 0 Å². The number of hydrogen-bond acceptors (Lipinski definition) is 6. The maximum atomic E-state index is 13.9. The van der Waals surface area contributed by atoms with Gasteiger partial charge in [-0.3, -0.25) is 4.79 Å². The van der Waals surface area contributed by atoms with E-state index in [4.69, 9.17) is 9.47 Å². The fourth-order valence-electron chi connectivity index (χ4n) is 5.84. The van der Waals surface area contributed by atoms with Crippen LogP contribution in [0.2, 0.25) is 0 Å². The predicted octanol–water partition coefficient (Wildman–Crippen LogP) is 6.18. The fraction of sp³-hybridized carbons (Fsp3) is 0.607. The zero-order valence-electron chi connectivity index (χ0n) is 21.7. The number of ether oxygens (including phenoxy) is 2. The summed E-state index contributed by atoms with van der Waals surface area (Å²) >= 11 is 0. The van der Waals surface area contributed by atoms with Crippen molar-refractivity contribution >= 4 is 11.5 Å². The highest BCUT2D eigenvalue weighted by atomic mass is 19.4. The lowest BCUT2D eigenvalue weighted by molar-refractivity contribution is -0.193. The third-order valence-electron chi connectivity index (χ3n) is 7.70. The number of nitrogens with zero attached hydrogens (tertiary/aromatic N) is 3. The molecule has 1 saturated heterocycles. The molecule has 2 heterocycles. The van der Waals surface area contributed by atoms with Crippen molar-refractivity contribution in [1.29, 1.82) is 5.26 Å². The quantitative estimate of drug-likeness (QED) is 0.496. The van der Waals surface area contributed by atoms with Gasteiger partial charge in [0.25, 0.3) is 0 Å². The van der Waals surface area contributed by atoms with Gasteiger partial charge in [-0.2, -0.15) is 23.5 Å². The second-order valence-corrected chi connectivity index (χ2v) is 11.4. The molecule has 2 aromatic rings. The Bertz CT molecular complexity index is 1230. The van der Waals surface area contributed by atoms with E-state index < -0.39 is 23.1 Å². The number of rotatable bonds is 5. The molecular weight excluding hydrogens is 497 g/mol. The maximum absolute atomic E-state index is 13.9. The summed E-state index contributed by atoms with van der Waals surface area (Å²) in [5.41, 5.74) is -0.377. The number of fused-ring (bicyclic) bond motifs is 1. The molecule has 38 heavy (non-hydrogen) atoms. The lowest BCUT2D eigenvalue weighted by atomic mass is 9.75. The number of nitrogens with one attached hydrogen (secondary N) is 1. The van der Waals surface area contributed by atoms with Gasteiger partial charge in [0.15, 0.2) is 17.8 Å². The summed E-state index contributed by atoms with van der Waals surface area (Å²) in [4.78, 5) is 12.8. The van der Waals surface area contributed by atoms with Crippen LogP contribution in [-0.2, 0) is 22.1 Å². The molecule has 0 radical (unpaired) electrons. The summed E-state index contributed by atoms with van der Waals surface area (Å²) in [6.07, 6.45) is 2.09. The first-order valence-electron chi connectivity index (χ1n) is 13.3. The molecule has 10 heteroatoms. The molecule has 1 aromatic carbocycles. The van der Waals surface area contributed by atoms with Gasteiger partial charge in [-0.05, 0) is 75.0 Å². The van der Waals surface area contributed by atoms with E-state index in [9.17, 15) is 23.2 Å². The van der Waals surface area contributed by atoms with E-state index in [1.54, 1.807) is 18.2 Å². The number of carbonyl (C=O) groups is 1. The summed E-state index contributed by atoms with van der Waals surface area (Å²) in [6, 6.07) is 7.10. The number of nitriles is 1. The van der Waals surface area contributed by atoms with Gasteiger partial charge in [-0.1, -0.05) is 13.8 Å². The summed E-state index contributed by atoms with van der Waals surface area (Å²) in [5, 5.41) is 17.0. The Labute approximate surface area is 220 Å². The van der Waals surface area contributed by atoms with Gasteiger partial charge < -0.3 is 14.8 Å². The minimum absolute atomic E-state index is 0.0359. The summed E-state index contributed by atoms with van der Waals surface area (Å²) in [5.74, 6) is -0.542. The molecule has 5 rings (SSSR count). The topological polar surface area (TPSA) is 89.2 Å². The Morgan fingerprint density at radius 1 is 1.16 bits per heavy atom. The molecule has 0 amide bonds. The van der Waals surface area contributed by atoms with Gasteiger partial charge in [0.2, 0.25) is 0 Å². The number of hydrogen-bond donors (Lipinski definition) is 1. The van der Waals surface area contributed by atoms with Crippen LogP contribution >= 0.6 is 0 Å². The highest BCUT2D eigenvalue weighted by Gasteiger charge is 2.45. The Balaban J connectivity index is 1.38. The molecule has 0 bridgehead atoms. The first-order valence-corrected chi connectivity index (χ1v) is 13.3. The SMILES string of the molecule is CC1(C)CC(=O)c2c(C(F)(F)F)nn(-c3ccc(C#N)c(N[C@H]4CC[C@H](OC5CCCCO5)CC4)c3)c2C1. The Morgan fingerprint density at radius 2 is 1.92 bits per heavy atom. The average Bonchev–Trinajstić information content (AvgIpc) is 3.25. The zero-order valence-corrected chi connectivity index (χ0v) is 21.7. The number of benzene rings is 1. The number of aromatic nitrogens is 2. The molecule has 2 fully saturated rings. The van der Waals surface area contributed by atoms with Crippen LogP contribution in [0, 0.1) is 16.7 Å². The van der Waals surface area contributed by atoms with Crippen LogP contribution in [0.25, 0.3) is 5.69 Å². The van der Waals surface area contributed by atoms with Crippen LogP contribution in [0.3, 0.4) is 0 Å². The molecule has 2 aliphatic carbocycles. The van der Waals surface area contributed by atoms with E-state index in [1.165, 1.54) is 4.68 Å². The van der Waals surface area contributed by atoms with E-state index in [1.807, 2.05) is 13.8 Å². The number of alkyl halides is 3. The van der Waals surface area contributed by atoms with Crippen LogP contribution in [-0.4, -0.2) is 40.6 Å². The molecule has 204 valence electrons. The molecule has 1 aromatic heterocycles. The predicted molar refractivity (Wildman–Crippen MR) is 134 cm³/mol. The van der Waals surface area contributed by atoms with Crippen molar-refractivity contribution in [3.05, 3.63) is 40.7 Å². The highest BCUT2D eigenvalue weighted by molar-refractivity contribution is 6.00. The first-order chi connectivity index (χ1) is 18.0. The fourth-order valence-corrected chi connectivity index (χ4v) is 5.84. The van der Waals surface area contributed by atoms with E-state index in [2.05, 4.69) is 16.5 Å². The van der Waals surface area contributed by atoms with Gasteiger partial charge in [0.05, 0.1) is 34.3 Å². The van der Waals surface area contributed by atoms with Crippen molar-refractivity contribution in [3.8, 4) is 11.8 Å². The highest BCUT2D eigenvalue weighted by Crippen LogP contribution is 2.42. The van der Waals surface area contributed by atoms with Gasteiger partial charge in [0, 0.05) is 19.1 Å². The molecule has 7 nitrogen and oxygen atoms in total. The summed E-state index contributed by atoms with van der Waals surface area (Å²) in [7, 11) is 0. The zero-order chi connectivity index (χ0) is 27.1. The lowest BCUT2D eigenvalue weighted by Crippen LogP contribution is -2.34. The van der Waals surface area contributed by atoms with Crippen molar-refractivity contribution < 1.29 is 27.4 Å². The second-order valence-electron chi connectivity index (χ2n) is 11.4. The van der Waals surface area contributed by atoms with Crippen molar-refractivity contribution in [2.45, 2.75) is 96.2 Å². The molecule has 1 N–H and O–H groups in total. The molecular formula is C28H33F3N4O3. The van der Waals surface area contributed by atoms with Crippen molar-refractivity contribution in [1.82, 2.24) is 9.78 Å². The number of halogens is 3. The number of carbonyl (C=O) groups excluding carboxylic acids is 1. The lowest BCUT2D eigenvalue weighted by Gasteiger charge is -2.33. The van der Waals surface area contributed by atoms with Gasteiger partial charge in [-0.25, -0.2) is 4.68 Å².